The van der Waals surface area contributed by atoms with Gasteiger partial charge in [0.05, 0.1) is 12.3 Å². The lowest BCUT2D eigenvalue weighted by Gasteiger charge is -2.33. The van der Waals surface area contributed by atoms with Crippen LogP contribution in [0.2, 0.25) is 0 Å². The molecule has 0 aromatic heterocycles. The van der Waals surface area contributed by atoms with Gasteiger partial charge in [-0.05, 0) is 49.9 Å². The summed E-state index contributed by atoms with van der Waals surface area (Å²) in [6.07, 6.45) is 4.75. The molecule has 1 saturated heterocycles. The maximum atomic E-state index is 13.2. The van der Waals surface area contributed by atoms with Crippen LogP contribution in [-0.2, 0) is 32.5 Å². The summed E-state index contributed by atoms with van der Waals surface area (Å²) in [7, 11) is 0. The number of carbonyl (C=O) groups is 2. The van der Waals surface area contributed by atoms with E-state index in [1.807, 2.05) is 65.3 Å². The molecule has 0 spiro atoms. The van der Waals surface area contributed by atoms with E-state index < -0.39 is 6.23 Å². The van der Waals surface area contributed by atoms with E-state index in [9.17, 15) is 9.59 Å². The van der Waals surface area contributed by atoms with Gasteiger partial charge in [0, 0.05) is 24.6 Å². The molecule has 2 aromatic carbocycles. The summed E-state index contributed by atoms with van der Waals surface area (Å²) in [6.45, 7) is 3.58. The van der Waals surface area contributed by atoms with Gasteiger partial charge in [0.1, 0.15) is 18.9 Å². The summed E-state index contributed by atoms with van der Waals surface area (Å²) < 4.78 is 5.96. The molecule has 1 atom stereocenters. The topological polar surface area (TPSA) is 92.7 Å². The average molecular weight is 507 g/mol. The molecule has 9 nitrogen and oxygen atoms in total. The van der Waals surface area contributed by atoms with E-state index in [-0.39, 0.29) is 17.9 Å². The highest BCUT2D eigenvalue weighted by molar-refractivity contribution is 6.05. The molecule has 2 amide bonds. The molecule has 2 aliphatic heterocycles. The lowest BCUT2D eigenvalue weighted by atomic mass is 10.1. The van der Waals surface area contributed by atoms with Crippen LogP contribution in [0.1, 0.15) is 56.6 Å². The smallest absolute Gasteiger partial charge is 0.246 e. The molecule has 0 bridgehead atoms. The van der Waals surface area contributed by atoms with Gasteiger partial charge in [-0.1, -0.05) is 43.2 Å². The number of amides is 2. The van der Waals surface area contributed by atoms with Crippen molar-refractivity contribution in [3.05, 3.63) is 59.7 Å². The summed E-state index contributed by atoms with van der Waals surface area (Å²) in [6, 6.07) is 15.8. The Morgan fingerprint density at radius 3 is 2.78 bits per heavy atom. The summed E-state index contributed by atoms with van der Waals surface area (Å²) in [4.78, 5) is 44.3. The minimum absolute atomic E-state index is 0.0400. The SMILES string of the molecule is CC(OOCc1ccccc1)N(C(=O)CCCOc1ccc2c(c1)CN1CC(=O)NC1=N2)C1CCCC1. The number of aliphatic imine (C=N–C) groups is 1. The maximum Gasteiger partial charge on any atom is 0.246 e. The Morgan fingerprint density at radius 1 is 1.16 bits per heavy atom. The minimum Gasteiger partial charge on any atom is -0.494 e. The lowest BCUT2D eigenvalue weighted by molar-refractivity contribution is -0.354. The highest BCUT2D eigenvalue weighted by Gasteiger charge is 2.32. The number of rotatable bonds is 11. The number of nitrogens with one attached hydrogen (secondary N) is 1. The van der Waals surface area contributed by atoms with E-state index in [0.717, 1.165) is 48.2 Å². The molecule has 0 radical (unpaired) electrons. The lowest BCUT2D eigenvalue weighted by Crippen LogP contribution is -2.46. The van der Waals surface area contributed by atoms with Crippen LogP contribution in [0, 0.1) is 0 Å². The Bertz CT molecular complexity index is 1130. The molecule has 1 N–H and O–H groups in total. The van der Waals surface area contributed by atoms with E-state index in [1.165, 1.54) is 0 Å². The Hall–Kier alpha value is -3.43. The standard InChI is InChI=1S/C28H34N4O5/c1-20(37-36-19-21-8-3-2-4-9-21)32(23-10-5-6-11-23)27(34)12-7-15-35-24-13-14-25-22(16-24)17-31-18-26(33)30-28(31)29-25/h2-4,8-9,13-14,16,20,23H,5-7,10-12,15,17-19H2,1H3,(H,29,30,33). The zero-order valence-electron chi connectivity index (χ0n) is 21.2. The zero-order valence-corrected chi connectivity index (χ0v) is 21.2. The Balaban J connectivity index is 1.10. The molecular weight excluding hydrogens is 472 g/mol. The quantitative estimate of drug-likeness (QED) is 0.214. The summed E-state index contributed by atoms with van der Waals surface area (Å²) in [5, 5.41) is 2.77. The highest BCUT2D eigenvalue weighted by Crippen LogP contribution is 2.31. The van der Waals surface area contributed by atoms with Crippen molar-refractivity contribution in [3.63, 3.8) is 0 Å². The van der Waals surface area contributed by atoms with Crippen LogP contribution in [-0.4, -0.2) is 53.0 Å². The van der Waals surface area contributed by atoms with E-state index >= 15 is 0 Å². The van der Waals surface area contributed by atoms with Crippen LogP contribution >= 0.6 is 0 Å². The first-order chi connectivity index (χ1) is 18.1. The van der Waals surface area contributed by atoms with Crippen molar-refractivity contribution in [2.45, 2.75) is 70.9 Å². The normalized spacial score (nSPS) is 17.6. The van der Waals surface area contributed by atoms with E-state index in [0.29, 0.717) is 45.1 Å². The minimum atomic E-state index is -0.460. The molecule has 2 aromatic rings. The molecule has 2 heterocycles. The summed E-state index contributed by atoms with van der Waals surface area (Å²) in [5.74, 6) is 1.37. The van der Waals surface area contributed by atoms with Gasteiger partial charge in [-0.2, -0.15) is 0 Å². The summed E-state index contributed by atoms with van der Waals surface area (Å²) >= 11 is 0. The number of carbonyl (C=O) groups excluding carboxylic acids is 2. The molecule has 1 unspecified atom stereocenters. The number of guanidine groups is 1. The molecule has 196 valence electrons. The van der Waals surface area contributed by atoms with Crippen molar-refractivity contribution in [2.75, 3.05) is 13.2 Å². The average Bonchev–Trinajstić information content (AvgIpc) is 3.55. The van der Waals surface area contributed by atoms with Gasteiger partial charge < -0.3 is 14.5 Å². The number of ether oxygens (including phenoxy) is 1. The number of hydrogen-bond donors (Lipinski definition) is 1. The second-order valence-corrected chi connectivity index (χ2v) is 9.76. The van der Waals surface area contributed by atoms with E-state index in [1.54, 1.807) is 0 Å². The van der Waals surface area contributed by atoms with E-state index in [2.05, 4.69) is 10.3 Å². The van der Waals surface area contributed by atoms with Gasteiger partial charge in [0.25, 0.3) is 0 Å². The van der Waals surface area contributed by atoms with Crippen molar-refractivity contribution in [2.24, 2.45) is 4.99 Å². The van der Waals surface area contributed by atoms with Gasteiger partial charge in [-0.3, -0.25) is 14.9 Å². The van der Waals surface area contributed by atoms with Crippen LogP contribution in [0.4, 0.5) is 5.69 Å². The third-order valence-electron chi connectivity index (χ3n) is 7.00. The molecule has 3 aliphatic rings. The molecule has 5 rings (SSSR count). The van der Waals surface area contributed by atoms with Gasteiger partial charge in [-0.15, -0.1) is 0 Å². The Morgan fingerprint density at radius 2 is 1.97 bits per heavy atom. The van der Waals surface area contributed by atoms with Gasteiger partial charge >= 0.3 is 0 Å². The molecule has 37 heavy (non-hydrogen) atoms. The number of fused-ring (bicyclic) bond motifs is 2. The van der Waals surface area contributed by atoms with Gasteiger partial charge in [-0.25, -0.2) is 14.8 Å². The third-order valence-corrected chi connectivity index (χ3v) is 7.00. The molecular formula is C28H34N4O5. The number of hydrogen-bond acceptors (Lipinski definition) is 7. The van der Waals surface area contributed by atoms with Crippen LogP contribution < -0.4 is 10.1 Å². The van der Waals surface area contributed by atoms with Crippen LogP contribution in [0.3, 0.4) is 0 Å². The van der Waals surface area contributed by atoms with Crippen LogP contribution in [0.15, 0.2) is 53.5 Å². The van der Waals surface area contributed by atoms with Crippen LogP contribution in [0.25, 0.3) is 0 Å². The summed E-state index contributed by atoms with van der Waals surface area (Å²) in [5.41, 5.74) is 2.87. The van der Waals surface area contributed by atoms with E-state index in [4.69, 9.17) is 14.5 Å². The monoisotopic (exact) mass is 506 g/mol. The molecule has 1 saturated carbocycles. The third kappa shape index (κ3) is 6.29. The Kier molecular flexibility index (Phi) is 8.01. The van der Waals surface area contributed by atoms with Crippen molar-refractivity contribution in [1.29, 1.82) is 0 Å². The highest BCUT2D eigenvalue weighted by atomic mass is 17.2. The second kappa shape index (κ2) is 11.7. The van der Waals surface area contributed by atoms with Gasteiger partial charge in [0.2, 0.25) is 17.8 Å². The van der Waals surface area contributed by atoms with Crippen molar-refractivity contribution in [3.8, 4) is 5.75 Å². The maximum absolute atomic E-state index is 13.2. The first-order valence-electron chi connectivity index (χ1n) is 13.1. The fourth-order valence-corrected chi connectivity index (χ4v) is 5.18. The predicted octanol–water partition coefficient (Wildman–Crippen LogP) is 4.04. The zero-order chi connectivity index (χ0) is 25.6. The number of benzene rings is 2. The predicted molar refractivity (Wildman–Crippen MR) is 138 cm³/mol. The largest absolute Gasteiger partial charge is 0.494 e. The first kappa shape index (κ1) is 25.2. The second-order valence-electron chi connectivity index (χ2n) is 9.76. The van der Waals surface area contributed by atoms with Gasteiger partial charge in [0.15, 0.2) is 6.23 Å². The van der Waals surface area contributed by atoms with Crippen molar-refractivity contribution < 1.29 is 24.1 Å². The Labute approximate surface area is 217 Å². The molecule has 1 aliphatic carbocycles. The first-order valence-corrected chi connectivity index (χ1v) is 13.1. The van der Waals surface area contributed by atoms with Crippen molar-refractivity contribution in [1.82, 2.24) is 15.1 Å². The van der Waals surface area contributed by atoms with Crippen LogP contribution in [0.5, 0.6) is 5.75 Å². The fraction of sp³-hybridized carbons (Fsp3) is 0.464. The molecule has 9 heteroatoms. The number of nitrogens with zero attached hydrogens (tertiary/aromatic N) is 3. The molecule has 2 fully saturated rings. The van der Waals surface area contributed by atoms with Crippen molar-refractivity contribution >= 4 is 23.5 Å². The fourth-order valence-electron chi connectivity index (χ4n) is 5.18.